The molecule has 0 atom stereocenters. The van der Waals surface area contributed by atoms with Gasteiger partial charge in [-0.1, -0.05) is 18.2 Å². The largest absolute Gasteiger partial charge is 0.339 e. The van der Waals surface area contributed by atoms with Gasteiger partial charge in [-0.05, 0) is 52.7 Å². The topological polar surface area (TPSA) is 75.9 Å². The number of para-hydroxylation sites is 1. The molecule has 0 unspecified atom stereocenters. The van der Waals surface area contributed by atoms with Gasteiger partial charge in [-0.15, -0.1) is 0 Å². The molecule has 0 amide bonds. The Morgan fingerprint density at radius 2 is 1.90 bits per heavy atom. The molecule has 0 radical (unpaired) electrons. The summed E-state index contributed by atoms with van der Waals surface area (Å²) < 4.78 is 0.979. The molecule has 5 nitrogen and oxygen atoms in total. The Bertz CT molecular complexity index is 803. The number of nitrogens with one attached hydrogen (secondary N) is 2. The fraction of sp³-hybridized carbons (Fsp3) is 0.0667. The summed E-state index contributed by atoms with van der Waals surface area (Å²) in [5.41, 5.74) is 5.44. The van der Waals surface area contributed by atoms with Crippen LogP contribution in [-0.4, -0.2) is 9.97 Å². The lowest BCUT2D eigenvalue weighted by Gasteiger charge is -2.12. The second-order valence-corrected chi connectivity index (χ2v) is 5.52. The van der Waals surface area contributed by atoms with E-state index in [-0.39, 0.29) is 0 Å². The first-order chi connectivity index (χ1) is 10.2. The normalized spacial score (nSPS) is 10.6. The molecule has 106 valence electrons. The zero-order valence-electron chi connectivity index (χ0n) is 11.4. The summed E-state index contributed by atoms with van der Waals surface area (Å²) in [7, 11) is 0. The van der Waals surface area contributed by atoms with Crippen LogP contribution in [0, 0.1) is 6.92 Å². The number of hydrazine groups is 1. The molecule has 6 heteroatoms. The Balaban J connectivity index is 2.10. The van der Waals surface area contributed by atoms with Gasteiger partial charge in [0.15, 0.2) is 0 Å². The zero-order chi connectivity index (χ0) is 14.8. The molecule has 0 saturated carbocycles. The van der Waals surface area contributed by atoms with E-state index in [1.54, 1.807) is 0 Å². The molecule has 3 rings (SSSR count). The number of nitrogens with two attached hydrogens (primary N) is 1. The Morgan fingerprint density at radius 1 is 1.10 bits per heavy atom. The van der Waals surface area contributed by atoms with Crippen LogP contribution in [0.15, 0.2) is 46.9 Å². The first-order valence-corrected chi connectivity index (χ1v) is 7.23. The van der Waals surface area contributed by atoms with E-state index < -0.39 is 0 Å². The summed E-state index contributed by atoms with van der Waals surface area (Å²) in [5.74, 6) is 6.52. The van der Waals surface area contributed by atoms with Gasteiger partial charge in [0, 0.05) is 9.86 Å². The summed E-state index contributed by atoms with van der Waals surface area (Å²) in [5, 5.41) is 4.26. The van der Waals surface area contributed by atoms with Crippen molar-refractivity contribution in [1.82, 2.24) is 9.97 Å². The van der Waals surface area contributed by atoms with Gasteiger partial charge in [-0.3, -0.25) is 5.43 Å². The van der Waals surface area contributed by atoms with Crippen LogP contribution in [0.1, 0.15) is 5.56 Å². The third kappa shape index (κ3) is 2.81. The van der Waals surface area contributed by atoms with E-state index in [1.807, 2.05) is 49.4 Å². The highest BCUT2D eigenvalue weighted by Gasteiger charge is 2.08. The Kier molecular flexibility index (Phi) is 3.72. The van der Waals surface area contributed by atoms with Gasteiger partial charge in [0.1, 0.15) is 5.82 Å². The van der Waals surface area contributed by atoms with Gasteiger partial charge in [-0.2, -0.15) is 4.98 Å². The van der Waals surface area contributed by atoms with E-state index in [9.17, 15) is 0 Å². The highest BCUT2D eigenvalue weighted by molar-refractivity contribution is 9.10. The number of aromatic nitrogens is 2. The third-order valence-corrected chi connectivity index (χ3v) is 3.77. The third-order valence-electron chi connectivity index (χ3n) is 3.11. The maximum atomic E-state index is 5.44. The number of nitrogen functional groups attached to an aromatic ring is 1. The van der Waals surface area contributed by atoms with Crippen molar-refractivity contribution in [1.29, 1.82) is 0 Å². The van der Waals surface area contributed by atoms with Crippen molar-refractivity contribution in [2.75, 3.05) is 10.7 Å². The fourth-order valence-corrected chi connectivity index (χ4v) is 2.68. The first-order valence-electron chi connectivity index (χ1n) is 6.44. The lowest BCUT2D eigenvalue weighted by molar-refractivity contribution is 1.15. The van der Waals surface area contributed by atoms with E-state index in [1.165, 1.54) is 5.56 Å². The van der Waals surface area contributed by atoms with Crippen LogP contribution in [0.5, 0.6) is 0 Å². The van der Waals surface area contributed by atoms with Gasteiger partial charge < -0.3 is 5.32 Å². The lowest BCUT2D eigenvalue weighted by Crippen LogP contribution is -2.11. The van der Waals surface area contributed by atoms with Crippen molar-refractivity contribution in [2.24, 2.45) is 5.84 Å². The van der Waals surface area contributed by atoms with Crippen LogP contribution in [0.3, 0.4) is 0 Å². The number of halogens is 1. The summed E-state index contributed by atoms with van der Waals surface area (Å²) in [4.78, 5) is 8.73. The minimum absolute atomic E-state index is 0.374. The average molecular weight is 344 g/mol. The number of hydrogen-bond donors (Lipinski definition) is 3. The van der Waals surface area contributed by atoms with Crippen molar-refractivity contribution in [3.63, 3.8) is 0 Å². The second kappa shape index (κ2) is 5.67. The molecule has 2 aromatic carbocycles. The number of rotatable bonds is 3. The van der Waals surface area contributed by atoms with Crippen LogP contribution in [0.4, 0.5) is 17.5 Å². The first kappa shape index (κ1) is 13.8. The molecule has 0 aliphatic heterocycles. The number of aryl methyl sites for hydroxylation is 1. The SMILES string of the molecule is Cc1ccc(Nc2nc(NN)nc3ccccc23)c(Br)c1. The Labute approximate surface area is 130 Å². The number of anilines is 3. The van der Waals surface area contributed by atoms with Crippen LogP contribution in [0.25, 0.3) is 10.9 Å². The molecule has 1 aromatic heterocycles. The molecule has 3 aromatic rings. The van der Waals surface area contributed by atoms with Crippen molar-refractivity contribution in [3.8, 4) is 0 Å². The molecule has 0 aliphatic carbocycles. The summed E-state index contributed by atoms with van der Waals surface area (Å²) in [6, 6.07) is 13.9. The Morgan fingerprint density at radius 3 is 2.67 bits per heavy atom. The van der Waals surface area contributed by atoms with Gasteiger partial charge in [0.2, 0.25) is 5.95 Å². The minimum Gasteiger partial charge on any atom is -0.339 e. The van der Waals surface area contributed by atoms with E-state index in [2.05, 4.69) is 36.6 Å². The summed E-state index contributed by atoms with van der Waals surface area (Å²) >= 11 is 3.56. The van der Waals surface area contributed by atoms with E-state index >= 15 is 0 Å². The molecule has 21 heavy (non-hydrogen) atoms. The summed E-state index contributed by atoms with van der Waals surface area (Å²) in [6.45, 7) is 2.05. The highest BCUT2D eigenvalue weighted by Crippen LogP contribution is 2.29. The molecule has 0 bridgehead atoms. The van der Waals surface area contributed by atoms with Crippen molar-refractivity contribution >= 4 is 44.3 Å². The second-order valence-electron chi connectivity index (χ2n) is 4.67. The molecule has 0 fully saturated rings. The van der Waals surface area contributed by atoms with Gasteiger partial charge in [-0.25, -0.2) is 10.8 Å². The van der Waals surface area contributed by atoms with Crippen molar-refractivity contribution in [3.05, 3.63) is 52.5 Å². The van der Waals surface area contributed by atoms with Crippen molar-refractivity contribution < 1.29 is 0 Å². The molecule has 4 N–H and O–H groups in total. The number of benzene rings is 2. The highest BCUT2D eigenvalue weighted by atomic mass is 79.9. The maximum absolute atomic E-state index is 5.44. The zero-order valence-corrected chi connectivity index (χ0v) is 13.0. The van der Waals surface area contributed by atoms with E-state index in [0.717, 1.165) is 21.1 Å². The number of nitrogens with zero attached hydrogens (tertiary/aromatic N) is 2. The van der Waals surface area contributed by atoms with Crippen molar-refractivity contribution in [2.45, 2.75) is 6.92 Å². The summed E-state index contributed by atoms with van der Waals surface area (Å²) in [6.07, 6.45) is 0. The molecular weight excluding hydrogens is 330 g/mol. The van der Waals surface area contributed by atoms with Crippen LogP contribution in [-0.2, 0) is 0 Å². The predicted octanol–water partition coefficient (Wildman–Crippen LogP) is 3.73. The standard InChI is InChI=1S/C15H14BrN5/c1-9-6-7-13(11(16)8-9)18-14-10-4-2-3-5-12(10)19-15(20-14)21-17/h2-8H,17H2,1H3,(H2,18,19,20,21). The fourth-order valence-electron chi connectivity index (χ4n) is 2.09. The van der Waals surface area contributed by atoms with Gasteiger partial charge in [0.25, 0.3) is 0 Å². The van der Waals surface area contributed by atoms with Crippen LogP contribution >= 0.6 is 15.9 Å². The Hall–Kier alpha value is -2.18. The van der Waals surface area contributed by atoms with Gasteiger partial charge in [0.05, 0.1) is 11.2 Å². The predicted molar refractivity (Wildman–Crippen MR) is 89.5 cm³/mol. The minimum atomic E-state index is 0.374. The quantitative estimate of drug-likeness (QED) is 0.499. The lowest BCUT2D eigenvalue weighted by atomic mass is 10.2. The monoisotopic (exact) mass is 343 g/mol. The van der Waals surface area contributed by atoms with Crippen LogP contribution in [0.2, 0.25) is 0 Å². The molecule has 0 aliphatic rings. The molecule has 1 heterocycles. The smallest absolute Gasteiger partial charge is 0.239 e. The molecule has 0 saturated heterocycles. The average Bonchev–Trinajstić information content (AvgIpc) is 2.49. The molecular formula is C15H14BrN5. The molecule has 0 spiro atoms. The number of fused-ring (bicyclic) bond motifs is 1. The van der Waals surface area contributed by atoms with Gasteiger partial charge >= 0.3 is 0 Å². The van der Waals surface area contributed by atoms with E-state index in [0.29, 0.717) is 11.8 Å². The van der Waals surface area contributed by atoms with E-state index in [4.69, 9.17) is 5.84 Å². The van der Waals surface area contributed by atoms with Crippen LogP contribution < -0.4 is 16.6 Å². The number of hydrogen-bond acceptors (Lipinski definition) is 5. The maximum Gasteiger partial charge on any atom is 0.239 e.